The third kappa shape index (κ3) is 4.42. The van der Waals surface area contributed by atoms with Gasteiger partial charge in [-0.05, 0) is 56.6 Å². The number of hydrogen-bond donors (Lipinski definition) is 2. The molecule has 2 aliphatic rings. The molecule has 6 heteroatoms. The smallest absolute Gasteiger partial charge is 0.225 e. The van der Waals surface area contributed by atoms with Crippen LogP contribution < -0.4 is 15.4 Å². The Morgan fingerprint density at radius 2 is 1.92 bits per heavy atom. The predicted molar refractivity (Wildman–Crippen MR) is 103 cm³/mol. The van der Waals surface area contributed by atoms with Crippen LogP contribution in [-0.4, -0.2) is 48.2 Å². The summed E-state index contributed by atoms with van der Waals surface area (Å²) in [5.74, 6) is 1.03. The van der Waals surface area contributed by atoms with Crippen molar-refractivity contribution in [3.05, 3.63) is 29.8 Å². The SMILES string of the molecule is COc1ccc(C2CN(C(=S)NC(C)C)CC2C(=O)NC2CC2)cc1. The highest BCUT2D eigenvalue weighted by Crippen LogP contribution is 2.34. The second kappa shape index (κ2) is 7.60. The van der Waals surface area contributed by atoms with E-state index >= 15 is 0 Å². The summed E-state index contributed by atoms with van der Waals surface area (Å²) in [6.07, 6.45) is 2.20. The number of ether oxygens (including phenoxy) is 1. The number of likely N-dealkylation sites (tertiary alicyclic amines) is 1. The summed E-state index contributed by atoms with van der Waals surface area (Å²) in [5, 5.41) is 7.19. The number of carbonyl (C=O) groups is 1. The largest absolute Gasteiger partial charge is 0.497 e. The van der Waals surface area contributed by atoms with Gasteiger partial charge in [0.25, 0.3) is 0 Å². The molecule has 5 nitrogen and oxygen atoms in total. The van der Waals surface area contributed by atoms with Gasteiger partial charge in [0.2, 0.25) is 5.91 Å². The number of rotatable bonds is 5. The predicted octanol–water partition coefficient (Wildman–Crippen LogP) is 2.27. The number of benzene rings is 1. The van der Waals surface area contributed by atoms with Crippen molar-refractivity contribution in [2.45, 2.75) is 44.7 Å². The van der Waals surface area contributed by atoms with Crippen molar-refractivity contribution < 1.29 is 9.53 Å². The lowest BCUT2D eigenvalue weighted by Crippen LogP contribution is -2.42. The molecule has 0 aromatic heterocycles. The highest BCUT2D eigenvalue weighted by molar-refractivity contribution is 7.80. The lowest BCUT2D eigenvalue weighted by Gasteiger charge is -2.22. The molecule has 1 saturated heterocycles. The average Bonchev–Trinajstić information content (AvgIpc) is 3.28. The van der Waals surface area contributed by atoms with Crippen LogP contribution >= 0.6 is 12.2 Å². The minimum Gasteiger partial charge on any atom is -0.497 e. The molecule has 1 aromatic carbocycles. The second-order valence-electron chi connectivity index (χ2n) is 7.28. The molecular weight excluding hydrogens is 334 g/mol. The Morgan fingerprint density at radius 3 is 2.48 bits per heavy atom. The van der Waals surface area contributed by atoms with Gasteiger partial charge in [-0.15, -0.1) is 0 Å². The lowest BCUT2D eigenvalue weighted by atomic mass is 9.88. The maximum Gasteiger partial charge on any atom is 0.225 e. The molecule has 2 fully saturated rings. The summed E-state index contributed by atoms with van der Waals surface area (Å²) < 4.78 is 5.25. The summed E-state index contributed by atoms with van der Waals surface area (Å²) in [6, 6.07) is 8.69. The van der Waals surface area contributed by atoms with E-state index in [2.05, 4.69) is 41.5 Å². The highest BCUT2D eigenvalue weighted by atomic mass is 32.1. The van der Waals surface area contributed by atoms with Gasteiger partial charge in [0.1, 0.15) is 5.75 Å². The van der Waals surface area contributed by atoms with Gasteiger partial charge in [-0.3, -0.25) is 4.79 Å². The first kappa shape index (κ1) is 18.0. The zero-order valence-corrected chi connectivity index (χ0v) is 15.9. The summed E-state index contributed by atoms with van der Waals surface area (Å²) in [4.78, 5) is 14.9. The zero-order chi connectivity index (χ0) is 18.0. The number of methoxy groups -OCH3 is 1. The van der Waals surface area contributed by atoms with Gasteiger partial charge in [-0.2, -0.15) is 0 Å². The Bertz CT molecular complexity index is 628. The Morgan fingerprint density at radius 1 is 1.24 bits per heavy atom. The molecule has 1 amide bonds. The van der Waals surface area contributed by atoms with E-state index in [0.29, 0.717) is 12.6 Å². The average molecular weight is 362 g/mol. The van der Waals surface area contributed by atoms with Gasteiger partial charge >= 0.3 is 0 Å². The molecule has 1 aliphatic carbocycles. The van der Waals surface area contributed by atoms with Crippen LogP contribution in [-0.2, 0) is 4.79 Å². The van der Waals surface area contributed by atoms with E-state index in [1.165, 1.54) is 0 Å². The quantitative estimate of drug-likeness (QED) is 0.788. The minimum atomic E-state index is -0.0825. The third-order valence-corrected chi connectivity index (χ3v) is 5.20. The van der Waals surface area contributed by atoms with E-state index < -0.39 is 0 Å². The van der Waals surface area contributed by atoms with Crippen molar-refractivity contribution in [3.8, 4) is 5.75 Å². The fourth-order valence-electron chi connectivity index (χ4n) is 3.30. The first-order chi connectivity index (χ1) is 12.0. The number of nitrogens with one attached hydrogen (secondary N) is 2. The Kier molecular flexibility index (Phi) is 5.47. The van der Waals surface area contributed by atoms with Crippen LogP contribution in [0.2, 0.25) is 0 Å². The van der Waals surface area contributed by atoms with Crippen molar-refractivity contribution in [1.29, 1.82) is 0 Å². The number of amides is 1. The second-order valence-corrected chi connectivity index (χ2v) is 7.66. The van der Waals surface area contributed by atoms with Gasteiger partial charge in [0.05, 0.1) is 13.0 Å². The third-order valence-electron chi connectivity index (χ3n) is 4.82. The van der Waals surface area contributed by atoms with E-state index in [-0.39, 0.29) is 23.8 Å². The van der Waals surface area contributed by atoms with Crippen molar-refractivity contribution in [2.24, 2.45) is 5.92 Å². The molecule has 0 bridgehead atoms. The molecule has 2 N–H and O–H groups in total. The molecular formula is C19H27N3O2S. The van der Waals surface area contributed by atoms with Crippen LogP contribution in [0.4, 0.5) is 0 Å². The van der Waals surface area contributed by atoms with Crippen LogP contribution in [0.5, 0.6) is 5.75 Å². The summed E-state index contributed by atoms with van der Waals surface area (Å²) in [5.41, 5.74) is 1.16. The molecule has 136 valence electrons. The summed E-state index contributed by atoms with van der Waals surface area (Å²) >= 11 is 5.54. The van der Waals surface area contributed by atoms with Crippen LogP contribution in [0, 0.1) is 5.92 Å². The van der Waals surface area contributed by atoms with Crippen molar-refractivity contribution in [2.75, 3.05) is 20.2 Å². The molecule has 0 spiro atoms. The number of nitrogens with zero attached hydrogens (tertiary/aromatic N) is 1. The van der Waals surface area contributed by atoms with Crippen LogP contribution in [0.15, 0.2) is 24.3 Å². The van der Waals surface area contributed by atoms with Crippen molar-refractivity contribution in [1.82, 2.24) is 15.5 Å². The molecule has 25 heavy (non-hydrogen) atoms. The standard InChI is InChI=1S/C19H27N3O2S/c1-12(2)20-19(25)22-10-16(13-4-8-15(24-3)9-5-13)17(11-22)18(23)21-14-6-7-14/h4-5,8-9,12,14,16-17H,6-7,10-11H2,1-3H3,(H,20,25)(H,21,23). The van der Waals surface area contributed by atoms with Gasteiger partial charge in [-0.25, -0.2) is 0 Å². The lowest BCUT2D eigenvalue weighted by molar-refractivity contribution is -0.125. The van der Waals surface area contributed by atoms with Crippen LogP contribution in [0.1, 0.15) is 38.2 Å². The molecule has 2 atom stereocenters. The Labute approximate surface area is 155 Å². The minimum absolute atomic E-state index is 0.0825. The number of hydrogen-bond acceptors (Lipinski definition) is 3. The van der Waals surface area contributed by atoms with E-state index in [1.807, 2.05) is 12.1 Å². The molecule has 1 heterocycles. The van der Waals surface area contributed by atoms with Gasteiger partial charge < -0.3 is 20.3 Å². The summed E-state index contributed by atoms with van der Waals surface area (Å²) in [7, 11) is 1.66. The molecule has 2 unspecified atom stereocenters. The molecule has 1 aliphatic heterocycles. The van der Waals surface area contributed by atoms with Crippen molar-refractivity contribution in [3.63, 3.8) is 0 Å². The van der Waals surface area contributed by atoms with Gasteiger partial charge in [0, 0.05) is 31.1 Å². The Balaban J connectivity index is 1.77. The van der Waals surface area contributed by atoms with Gasteiger partial charge in [-0.1, -0.05) is 12.1 Å². The van der Waals surface area contributed by atoms with E-state index in [4.69, 9.17) is 17.0 Å². The Hall–Kier alpha value is -1.82. The molecule has 1 saturated carbocycles. The fraction of sp³-hybridized carbons (Fsp3) is 0.579. The maximum absolute atomic E-state index is 12.8. The van der Waals surface area contributed by atoms with Crippen LogP contribution in [0.3, 0.4) is 0 Å². The zero-order valence-electron chi connectivity index (χ0n) is 15.1. The fourth-order valence-corrected chi connectivity index (χ4v) is 3.68. The normalized spacial score (nSPS) is 22.8. The van der Waals surface area contributed by atoms with Gasteiger partial charge in [0.15, 0.2) is 5.11 Å². The van der Waals surface area contributed by atoms with Crippen LogP contribution in [0.25, 0.3) is 0 Å². The molecule has 1 aromatic rings. The topological polar surface area (TPSA) is 53.6 Å². The monoisotopic (exact) mass is 361 g/mol. The summed E-state index contributed by atoms with van der Waals surface area (Å²) in [6.45, 7) is 5.56. The first-order valence-electron chi connectivity index (χ1n) is 8.97. The van der Waals surface area contributed by atoms with E-state index in [9.17, 15) is 4.79 Å². The van der Waals surface area contributed by atoms with E-state index in [0.717, 1.165) is 35.8 Å². The van der Waals surface area contributed by atoms with Crippen molar-refractivity contribution >= 4 is 23.2 Å². The van der Waals surface area contributed by atoms with E-state index in [1.54, 1.807) is 7.11 Å². The molecule has 3 rings (SSSR count). The maximum atomic E-state index is 12.8. The first-order valence-corrected chi connectivity index (χ1v) is 9.38. The number of carbonyl (C=O) groups excluding carboxylic acids is 1. The number of thiocarbonyl (C=S) groups is 1. The highest BCUT2D eigenvalue weighted by Gasteiger charge is 2.40. The molecule has 0 radical (unpaired) electrons.